The van der Waals surface area contributed by atoms with Gasteiger partial charge in [0.05, 0.1) is 17.1 Å². The molecule has 0 aliphatic carbocycles. The molecule has 142 valence electrons. The number of nitrogens with zero attached hydrogens (tertiary/aromatic N) is 3. The van der Waals surface area contributed by atoms with Gasteiger partial charge >= 0.3 is 6.18 Å². The third-order valence-electron chi connectivity index (χ3n) is 4.30. The van der Waals surface area contributed by atoms with E-state index in [1.807, 2.05) is 0 Å². The highest BCUT2D eigenvalue weighted by molar-refractivity contribution is 7.89. The first-order valence-electron chi connectivity index (χ1n) is 8.12. The Labute approximate surface area is 149 Å². The van der Waals surface area contributed by atoms with Crippen LogP contribution in [0, 0.1) is 0 Å². The van der Waals surface area contributed by atoms with Crippen molar-refractivity contribution in [3.63, 3.8) is 0 Å². The average Bonchev–Trinajstić information content (AvgIpc) is 3.23. The van der Waals surface area contributed by atoms with E-state index in [2.05, 4.69) is 10.4 Å². The largest absolute Gasteiger partial charge is 0.435 e. The third kappa shape index (κ3) is 3.85. The second kappa shape index (κ2) is 6.92. The Morgan fingerprint density at radius 1 is 1.15 bits per heavy atom. The van der Waals surface area contributed by atoms with Crippen LogP contribution in [-0.2, 0) is 29.8 Å². The molecule has 0 spiro atoms. The van der Waals surface area contributed by atoms with E-state index in [4.69, 9.17) is 0 Å². The van der Waals surface area contributed by atoms with Crippen LogP contribution in [0.1, 0.15) is 24.2 Å². The van der Waals surface area contributed by atoms with Gasteiger partial charge in [0.15, 0.2) is 5.69 Å². The summed E-state index contributed by atoms with van der Waals surface area (Å²) >= 11 is 0. The summed E-state index contributed by atoms with van der Waals surface area (Å²) in [5.74, 6) is 0. The Hall–Kier alpha value is -2.07. The number of anilines is 1. The van der Waals surface area contributed by atoms with Crippen LogP contribution in [0.4, 0.5) is 18.9 Å². The van der Waals surface area contributed by atoms with E-state index in [1.165, 1.54) is 28.2 Å². The van der Waals surface area contributed by atoms with Crippen LogP contribution >= 0.6 is 0 Å². The Kier molecular flexibility index (Phi) is 4.98. The maximum atomic E-state index is 12.7. The highest BCUT2D eigenvalue weighted by Gasteiger charge is 2.34. The van der Waals surface area contributed by atoms with Crippen LogP contribution in [0.2, 0.25) is 0 Å². The summed E-state index contributed by atoms with van der Waals surface area (Å²) in [7, 11) is -2.03. The summed E-state index contributed by atoms with van der Waals surface area (Å²) in [6.45, 7) is 1.20. The molecule has 1 fully saturated rings. The fourth-order valence-electron chi connectivity index (χ4n) is 2.82. The summed E-state index contributed by atoms with van der Waals surface area (Å²) in [5, 5.41) is 6.43. The fourth-order valence-corrected chi connectivity index (χ4v) is 4.34. The van der Waals surface area contributed by atoms with Gasteiger partial charge in [-0.05, 0) is 43.2 Å². The first-order chi connectivity index (χ1) is 12.2. The molecule has 3 rings (SSSR count). The first-order valence-corrected chi connectivity index (χ1v) is 9.56. The smallest absolute Gasteiger partial charge is 0.379 e. The molecule has 1 aromatic carbocycles. The van der Waals surface area contributed by atoms with Gasteiger partial charge in [0.2, 0.25) is 10.0 Å². The number of alkyl halides is 3. The molecule has 26 heavy (non-hydrogen) atoms. The van der Waals surface area contributed by atoms with Crippen molar-refractivity contribution in [3.8, 4) is 0 Å². The van der Waals surface area contributed by atoms with E-state index >= 15 is 0 Å². The maximum Gasteiger partial charge on any atom is 0.435 e. The summed E-state index contributed by atoms with van der Waals surface area (Å²) < 4.78 is 65.6. The molecule has 6 nitrogen and oxygen atoms in total. The number of hydrogen-bond donors (Lipinski definition) is 1. The van der Waals surface area contributed by atoms with E-state index in [9.17, 15) is 21.6 Å². The molecule has 10 heteroatoms. The molecule has 2 aromatic rings. The lowest BCUT2D eigenvalue weighted by molar-refractivity contribution is -0.141. The Morgan fingerprint density at radius 2 is 1.77 bits per heavy atom. The van der Waals surface area contributed by atoms with Crippen molar-refractivity contribution in [2.75, 3.05) is 18.4 Å². The lowest BCUT2D eigenvalue weighted by Crippen LogP contribution is -2.27. The lowest BCUT2D eigenvalue weighted by atomic mass is 10.3. The number of aryl methyl sites for hydroxylation is 1. The number of halogens is 3. The highest BCUT2D eigenvalue weighted by atomic mass is 32.2. The second-order valence-corrected chi connectivity index (χ2v) is 8.07. The molecule has 0 saturated carbocycles. The molecule has 1 aliphatic rings. The zero-order valence-corrected chi connectivity index (χ0v) is 14.9. The van der Waals surface area contributed by atoms with E-state index in [0.717, 1.165) is 18.9 Å². The molecular weight excluding hydrogens is 369 g/mol. The summed E-state index contributed by atoms with van der Waals surface area (Å²) in [5.41, 5.74) is 0.0371. The molecule has 0 unspecified atom stereocenters. The van der Waals surface area contributed by atoms with Crippen LogP contribution in [0.15, 0.2) is 35.2 Å². The van der Waals surface area contributed by atoms with Gasteiger partial charge in [-0.25, -0.2) is 8.42 Å². The molecule has 0 amide bonds. The zero-order chi connectivity index (χ0) is 18.9. The second-order valence-electron chi connectivity index (χ2n) is 6.13. The molecule has 0 bridgehead atoms. The van der Waals surface area contributed by atoms with Gasteiger partial charge in [-0.2, -0.15) is 22.6 Å². The van der Waals surface area contributed by atoms with Gasteiger partial charge in [0, 0.05) is 25.8 Å². The van der Waals surface area contributed by atoms with Crippen molar-refractivity contribution >= 4 is 15.7 Å². The highest BCUT2D eigenvalue weighted by Crippen LogP contribution is 2.28. The van der Waals surface area contributed by atoms with Crippen molar-refractivity contribution in [2.24, 2.45) is 7.05 Å². The normalized spacial score (nSPS) is 16.2. The van der Waals surface area contributed by atoms with Gasteiger partial charge in [-0.3, -0.25) is 4.68 Å². The number of sulfonamides is 1. The maximum absolute atomic E-state index is 12.7. The minimum atomic E-state index is -4.48. The molecule has 1 aromatic heterocycles. The molecule has 1 saturated heterocycles. The number of aromatic nitrogens is 2. The minimum absolute atomic E-state index is 0.137. The number of hydrogen-bond acceptors (Lipinski definition) is 4. The van der Waals surface area contributed by atoms with Gasteiger partial charge in [0.25, 0.3) is 0 Å². The number of rotatable bonds is 5. The van der Waals surface area contributed by atoms with Crippen LogP contribution in [0.5, 0.6) is 0 Å². The molecule has 0 radical (unpaired) electrons. The van der Waals surface area contributed by atoms with Gasteiger partial charge in [-0.15, -0.1) is 0 Å². The molecule has 1 aliphatic heterocycles. The van der Waals surface area contributed by atoms with E-state index < -0.39 is 21.9 Å². The Morgan fingerprint density at radius 3 is 2.31 bits per heavy atom. The number of benzene rings is 1. The first kappa shape index (κ1) is 18.7. The molecule has 2 heterocycles. The monoisotopic (exact) mass is 388 g/mol. The third-order valence-corrected chi connectivity index (χ3v) is 6.21. The summed E-state index contributed by atoms with van der Waals surface area (Å²) in [6, 6.07) is 7.19. The molecule has 1 N–H and O–H groups in total. The van der Waals surface area contributed by atoms with Crippen molar-refractivity contribution in [2.45, 2.75) is 30.5 Å². The molecule has 0 atom stereocenters. The van der Waals surface area contributed by atoms with Crippen molar-refractivity contribution < 1.29 is 21.6 Å². The zero-order valence-electron chi connectivity index (χ0n) is 14.1. The fraction of sp³-hybridized carbons (Fsp3) is 0.438. The topological polar surface area (TPSA) is 67.2 Å². The standard InChI is InChI=1S/C16H19F3N4O2S/c1-22-13(10-15(21-22)16(17,18)19)11-20-12-4-6-14(7-5-12)26(24,25)23-8-2-3-9-23/h4-7,10,20H,2-3,8-9,11H2,1H3. The van der Waals surface area contributed by atoms with Crippen molar-refractivity contribution in [1.82, 2.24) is 14.1 Å². The number of nitrogens with one attached hydrogen (secondary N) is 1. The predicted octanol–water partition coefficient (Wildman–Crippen LogP) is 2.84. The van der Waals surface area contributed by atoms with E-state index in [1.54, 1.807) is 12.1 Å². The van der Waals surface area contributed by atoms with Crippen LogP contribution in [0.25, 0.3) is 0 Å². The van der Waals surface area contributed by atoms with E-state index in [0.29, 0.717) is 24.5 Å². The van der Waals surface area contributed by atoms with Crippen molar-refractivity contribution in [3.05, 3.63) is 41.7 Å². The van der Waals surface area contributed by atoms with Crippen LogP contribution in [0.3, 0.4) is 0 Å². The summed E-state index contributed by atoms with van der Waals surface area (Å²) in [4.78, 5) is 0.213. The van der Waals surface area contributed by atoms with Gasteiger partial charge in [0.1, 0.15) is 0 Å². The van der Waals surface area contributed by atoms with Crippen LogP contribution < -0.4 is 5.32 Å². The van der Waals surface area contributed by atoms with E-state index in [-0.39, 0.29) is 11.4 Å². The molecular formula is C16H19F3N4O2S. The summed E-state index contributed by atoms with van der Waals surface area (Å²) in [6.07, 6.45) is -2.76. The predicted molar refractivity (Wildman–Crippen MR) is 90.0 cm³/mol. The Bertz CT molecular complexity index is 870. The van der Waals surface area contributed by atoms with Gasteiger partial charge in [-0.1, -0.05) is 0 Å². The minimum Gasteiger partial charge on any atom is -0.379 e. The van der Waals surface area contributed by atoms with Gasteiger partial charge < -0.3 is 5.32 Å². The van der Waals surface area contributed by atoms with Crippen LogP contribution in [-0.4, -0.2) is 35.6 Å². The lowest BCUT2D eigenvalue weighted by Gasteiger charge is -2.15. The average molecular weight is 388 g/mol. The SMILES string of the molecule is Cn1nc(C(F)(F)F)cc1CNc1ccc(S(=O)(=O)N2CCCC2)cc1. The quantitative estimate of drug-likeness (QED) is 0.855. The van der Waals surface area contributed by atoms with Crippen molar-refractivity contribution in [1.29, 1.82) is 0 Å². The Balaban J connectivity index is 1.68.